The maximum Gasteiger partial charge on any atom is 0.264 e. The highest BCUT2D eigenvalue weighted by molar-refractivity contribution is 7.18. The number of nitrogens with zero attached hydrogens (tertiary/aromatic N) is 2. The van der Waals surface area contributed by atoms with Crippen molar-refractivity contribution in [2.45, 2.75) is 6.92 Å². The van der Waals surface area contributed by atoms with E-state index in [0.717, 1.165) is 11.6 Å². The van der Waals surface area contributed by atoms with Gasteiger partial charge in [-0.1, -0.05) is 24.3 Å². The van der Waals surface area contributed by atoms with Crippen LogP contribution < -0.4 is 5.32 Å². The van der Waals surface area contributed by atoms with Gasteiger partial charge in [-0.05, 0) is 48.9 Å². The molecule has 0 unspecified atom stereocenters. The summed E-state index contributed by atoms with van der Waals surface area (Å²) in [5.74, 6) is -1.07. The van der Waals surface area contributed by atoms with Crippen molar-refractivity contribution in [1.82, 2.24) is 9.80 Å². The van der Waals surface area contributed by atoms with Crippen molar-refractivity contribution in [3.05, 3.63) is 88.0 Å². The van der Waals surface area contributed by atoms with Crippen molar-refractivity contribution in [2.75, 3.05) is 31.5 Å². The normalized spacial score (nSPS) is 13.7. The van der Waals surface area contributed by atoms with Gasteiger partial charge in [0.1, 0.15) is 5.82 Å². The maximum atomic E-state index is 13.4. The fourth-order valence-electron chi connectivity index (χ4n) is 3.59. The van der Waals surface area contributed by atoms with Crippen LogP contribution in [0.1, 0.15) is 36.0 Å². The molecule has 3 amide bonds. The lowest BCUT2D eigenvalue weighted by molar-refractivity contribution is 0.0537. The van der Waals surface area contributed by atoms with E-state index < -0.39 is 11.7 Å². The van der Waals surface area contributed by atoms with Gasteiger partial charge in [-0.25, -0.2) is 4.39 Å². The van der Waals surface area contributed by atoms with Crippen LogP contribution in [0.2, 0.25) is 0 Å². The molecule has 0 atom stereocenters. The predicted octanol–water partition coefficient (Wildman–Crippen LogP) is 4.05. The van der Waals surface area contributed by atoms with Crippen LogP contribution >= 0.6 is 11.3 Å². The SMILES string of the molecule is Cc1cc(NC(=O)c2cccc(F)c2)sc1C(=O)N1CCN(C(=O)c2ccccc2)CC1. The van der Waals surface area contributed by atoms with Crippen LogP contribution in [0.3, 0.4) is 0 Å². The van der Waals surface area contributed by atoms with Crippen LogP contribution in [0.25, 0.3) is 0 Å². The van der Waals surface area contributed by atoms with Crippen LogP contribution in [0.5, 0.6) is 0 Å². The monoisotopic (exact) mass is 451 g/mol. The van der Waals surface area contributed by atoms with E-state index in [9.17, 15) is 18.8 Å². The molecular formula is C24H22FN3O3S. The van der Waals surface area contributed by atoms with Crippen molar-refractivity contribution in [1.29, 1.82) is 0 Å². The molecule has 0 spiro atoms. The predicted molar refractivity (Wildman–Crippen MR) is 122 cm³/mol. The number of rotatable bonds is 4. The van der Waals surface area contributed by atoms with E-state index in [1.165, 1.54) is 29.5 Å². The Balaban J connectivity index is 1.38. The van der Waals surface area contributed by atoms with Crippen molar-refractivity contribution in [3.63, 3.8) is 0 Å². The summed E-state index contributed by atoms with van der Waals surface area (Å²) < 4.78 is 13.4. The van der Waals surface area contributed by atoms with Gasteiger partial charge in [0.05, 0.1) is 9.88 Å². The Morgan fingerprint density at radius 2 is 1.47 bits per heavy atom. The zero-order valence-electron chi connectivity index (χ0n) is 17.5. The quantitative estimate of drug-likeness (QED) is 0.651. The first-order valence-corrected chi connectivity index (χ1v) is 11.0. The third kappa shape index (κ3) is 4.70. The van der Waals surface area contributed by atoms with E-state index in [1.54, 1.807) is 28.0 Å². The summed E-state index contributed by atoms with van der Waals surface area (Å²) in [6, 6.07) is 16.3. The van der Waals surface area contributed by atoms with E-state index in [0.29, 0.717) is 41.6 Å². The number of hydrogen-bond acceptors (Lipinski definition) is 4. The molecule has 1 aromatic heterocycles. The second-order valence-corrected chi connectivity index (χ2v) is 8.59. The number of halogens is 1. The summed E-state index contributed by atoms with van der Waals surface area (Å²) in [5.41, 5.74) is 1.61. The molecule has 0 saturated carbocycles. The molecule has 164 valence electrons. The van der Waals surface area contributed by atoms with Crippen molar-refractivity contribution in [3.8, 4) is 0 Å². The molecule has 3 aromatic rings. The van der Waals surface area contributed by atoms with Crippen molar-refractivity contribution < 1.29 is 18.8 Å². The standard InChI is InChI=1S/C24H22FN3O3S/c1-16-14-20(26-22(29)18-8-5-9-19(25)15-18)32-21(16)24(31)28-12-10-27(11-13-28)23(30)17-6-3-2-4-7-17/h2-9,14-15H,10-13H2,1H3,(H,26,29). The van der Waals surface area contributed by atoms with Gasteiger partial charge in [0.25, 0.3) is 17.7 Å². The fourth-order valence-corrected chi connectivity index (χ4v) is 4.63. The van der Waals surface area contributed by atoms with Gasteiger partial charge in [0, 0.05) is 37.3 Å². The Hall–Kier alpha value is -3.52. The molecule has 0 bridgehead atoms. The Labute approximate surface area is 189 Å². The number of piperazine rings is 1. The number of aryl methyl sites for hydroxylation is 1. The summed E-state index contributed by atoms with van der Waals surface area (Å²) in [5, 5.41) is 3.26. The second kappa shape index (κ2) is 9.32. The number of thiophene rings is 1. The summed E-state index contributed by atoms with van der Waals surface area (Å²) in [6.07, 6.45) is 0. The number of carbonyl (C=O) groups excluding carboxylic acids is 3. The number of nitrogens with one attached hydrogen (secondary N) is 1. The Kier molecular flexibility index (Phi) is 6.32. The van der Waals surface area contributed by atoms with Gasteiger partial charge >= 0.3 is 0 Å². The Morgan fingerprint density at radius 1 is 0.844 bits per heavy atom. The molecule has 0 aliphatic carbocycles. The number of hydrogen-bond donors (Lipinski definition) is 1. The van der Waals surface area contributed by atoms with Gasteiger partial charge in [0.2, 0.25) is 0 Å². The van der Waals surface area contributed by atoms with Crippen LogP contribution in [0, 0.1) is 12.7 Å². The summed E-state index contributed by atoms with van der Waals surface area (Å²) in [4.78, 5) is 42.1. The summed E-state index contributed by atoms with van der Waals surface area (Å²) in [7, 11) is 0. The molecule has 6 nitrogen and oxygen atoms in total. The van der Waals surface area contributed by atoms with E-state index >= 15 is 0 Å². The van der Waals surface area contributed by atoms with Crippen molar-refractivity contribution >= 4 is 34.1 Å². The summed E-state index contributed by atoms with van der Waals surface area (Å²) in [6.45, 7) is 3.64. The first-order valence-electron chi connectivity index (χ1n) is 10.2. The fraction of sp³-hybridized carbons (Fsp3) is 0.208. The average Bonchev–Trinajstić information content (AvgIpc) is 3.18. The highest BCUT2D eigenvalue weighted by atomic mass is 32.1. The Morgan fingerprint density at radius 3 is 2.12 bits per heavy atom. The first-order chi connectivity index (χ1) is 15.4. The molecule has 1 N–H and O–H groups in total. The van der Waals surface area contributed by atoms with Gasteiger partial charge in [-0.2, -0.15) is 0 Å². The lowest BCUT2D eigenvalue weighted by Gasteiger charge is -2.34. The topological polar surface area (TPSA) is 69.7 Å². The molecular weight excluding hydrogens is 429 g/mol. The zero-order chi connectivity index (χ0) is 22.7. The highest BCUT2D eigenvalue weighted by Crippen LogP contribution is 2.29. The zero-order valence-corrected chi connectivity index (χ0v) is 18.3. The third-order valence-electron chi connectivity index (χ3n) is 5.31. The van der Waals surface area contributed by atoms with E-state index in [1.807, 2.05) is 25.1 Å². The van der Waals surface area contributed by atoms with Crippen LogP contribution in [0.15, 0.2) is 60.7 Å². The molecule has 1 fully saturated rings. The Bertz CT molecular complexity index is 1150. The van der Waals surface area contributed by atoms with Crippen LogP contribution in [0.4, 0.5) is 9.39 Å². The van der Waals surface area contributed by atoms with Crippen LogP contribution in [-0.4, -0.2) is 53.7 Å². The lowest BCUT2D eigenvalue weighted by atomic mass is 10.1. The molecule has 8 heteroatoms. The number of carbonyl (C=O) groups is 3. The molecule has 2 heterocycles. The molecule has 32 heavy (non-hydrogen) atoms. The maximum absolute atomic E-state index is 13.4. The van der Waals surface area contributed by atoms with Crippen LogP contribution in [-0.2, 0) is 0 Å². The molecule has 0 radical (unpaired) electrons. The first kappa shape index (κ1) is 21.7. The highest BCUT2D eigenvalue weighted by Gasteiger charge is 2.27. The largest absolute Gasteiger partial charge is 0.335 e. The number of amides is 3. The minimum absolute atomic E-state index is 0.0349. The molecule has 1 aliphatic rings. The minimum atomic E-state index is -0.485. The molecule has 4 rings (SSSR count). The number of anilines is 1. The van der Waals surface area contributed by atoms with Gasteiger partial charge in [-0.3, -0.25) is 14.4 Å². The van der Waals surface area contributed by atoms with Gasteiger partial charge in [0.15, 0.2) is 0 Å². The van der Waals surface area contributed by atoms with Crippen molar-refractivity contribution in [2.24, 2.45) is 0 Å². The molecule has 1 aliphatic heterocycles. The number of benzene rings is 2. The molecule has 2 aromatic carbocycles. The van der Waals surface area contributed by atoms with E-state index in [4.69, 9.17) is 0 Å². The van der Waals surface area contributed by atoms with E-state index in [2.05, 4.69) is 5.32 Å². The van der Waals surface area contributed by atoms with E-state index in [-0.39, 0.29) is 17.4 Å². The third-order valence-corrected chi connectivity index (χ3v) is 6.45. The van der Waals surface area contributed by atoms with Gasteiger partial charge in [-0.15, -0.1) is 11.3 Å². The lowest BCUT2D eigenvalue weighted by Crippen LogP contribution is -2.50. The second-order valence-electron chi connectivity index (χ2n) is 7.54. The summed E-state index contributed by atoms with van der Waals surface area (Å²) >= 11 is 1.19. The smallest absolute Gasteiger partial charge is 0.264 e. The average molecular weight is 452 g/mol. The molecule has 1 saturated heterocycles. The van der Waals surface area contributed by atoms with Gasteiger partial charge < -0.3 is 15.1 Å². The minimum Gasteiger partial charge on any atom is -0.335 e.